The van der Waals surface area contributed by atoms with E-state index >= 15 is 0 Å². The zero-order chi connectivity index (χ0) is 14.4. The van der Waals surface area contributed by atoms with Gasteiger partial charge in [-0.25, -0.2) is 0 Å². The van der Waals surface area contributed by atoms with Gasteiger partial charge in [0.2, 0.25) is 5.91 Å². The lowest BCUT2D eigenvalue weighted by molar-refractivity contribution is -0.123. The molecule has 1 aliphatic rings. The minimum absolute atomic E-state index is 0. The maximum absolute atomic E-state index is 12.2. The summed E-state index contributed by atoms with van der Waals surface area (Å²) < 4.78 is 0. The number of carbonyl (C=O) groups excluding carboxylic acids is 1. The molecule has 1 amide bonds. The number of nitrogens with one attached hydrogen (secondary N) is 1. The first-order chi connectivity index (χ1) is 9.70. The fourth-order valence-corrected chi connectivity index (χ4v) is 3.11. The Labute approximate surface area is 134 Å². The molecule has 0 heterocycles. The average molecular weight is 311 g/mol. The fraction of sp³-hybridized carbons (Fsp3) is 0.588. The van der Waals surface area contributed by atoms with E-state index in [1.807, 2.05) is 30.3 Å². The highest BCUT2D eigenvalue weighted by Gasteiger charge is 2.24. The molecule has 1 aromatic rings. The van der Waals surface area contributed by atoms with Crippen LogP contribution in [0, 0.1) is 5.92 Å². The number of hydrogen-bond acceptors (Lipinski definition) is 2. The van der Waals surface area contributed by atoms with Gasteiger partial charge in [-0.2, -0.15) is 0 Å². The maximum Gasteiger partial charge on any atom is 0.241 e. The first kappa shape index (κ1) is 18.0. The van der Waals surface area contributed by atoms with Crippen molar-refractivity contribution in [3.05, 3.63) is 35.9 Å². The van der Waals surface area contributed by atoms with Crippen LogP contribution in [-0.2, 0) is 4.79 Å². The predicted octanol–water partition coefficient (Wildman–Crippen LogP) is 3.58. The van der Waals surface area contributed by atoms with E-state index in [9.17, 15) is 4.79 Å². The fourth-order valence-electron chi connectivity index (χ4n) is 3.11. The molecule has 0 aliphatic heterocycles. The van der Waals surface area contributed by atoms with Crippen molar-refractivity contribution in [2.75, 3.05) is 0 Å². The van der Waals surface area contributed by atoms with Crippen LogP contribution in [0.25, 0.3) is 0 Å². The summed E-state index contributed by atoms with van der Waals surface area (Å²) in [4.78, 5) is 12.2. The summed E-state index contributed by atoms with van der Waals surface area (Å²) in [6.07, 6.45) is 7.25. The molecule has 1 atom stereocenters. The van der Waals surface area contributed by atoms with Crippen LogP contribution < -0.4 is 11.1 Å². The van der Waals surface area contributed by atoms with Crippen LogP contribution in [-0.4, -0.2) is 11.9 Å². The largest absolute Gasteiger partial charge is 0.352 e. The molecular weight excluding hydrogens is 284 g/mol. The van der Waals surface area contributed by atoms with Crippen LogP contribution in [0.3, 0.4) is 0 Å². The van der Waals surface area contributed by atoms with Gasteiger partial charge in [0.15, 0.2) is 0 Å². The normalized spacial score (nSPS) is 23.0. The van der Waals surface area contributed by atoms with Gasteiger partial charge in [-0.3, -0.25) is 4.79 Å². The molecule has 0 radical (unpaired) electrons. The summed E-state index contributed by atoms with van der Waals surface area (Å²) in [7, 11) is 0. The molecule has 118 valence electrons. The molecule has 21 heavy (non-hydrogen) atoms. The Kier molecular flexibility index (Phi) is 7.76. The van der Waals surface area contributed by atoms with E-state index in [1.165, 1.54) is 25.7 Å². The van der Waals surface area contributed by atoms with E-state index < -0.39 is 6.04 Å². The number of amides is 1. The topological polar surface area (TPSA) is 55.1 Å². The minimum atomic E-state index is -0.551. The molecular formula is C17H27ClN2O. The predicted molar refractivity (Wildman–Crippen MR) is 89.4 cm³/mol. The van der Waals surface area contributed by atoms with Gasteiger partial charge in [0.1, 0.15) is 6.04 Å². The van der Waals surface area contributed by atoms with Gasteiger partial charge in [-0.05, 0) is 37.2 Å². The van der Waals surface area contributed by atoms with Gasteiger partial charge in [-0.1, -0.05) is 50.1 Å². The maximum atomic E-state index is 12.2. The second-order valence-electron chi connectivity index (χ2n) is 5.90. The Morgan fingerprint density at radius 1 is 1.24 bits per heavy atom. The number of benzene rings is 1. The number of halogens is 1. The highest BCUT2D eigenvalue weighted by atomic mass is 35.5. The Morgan fingerprint density at radius 2 is 1.86 bits per heavy atom. The molecule has 1 aliphatic carbocycles. The highest BCUT2D eigenvalue weighted by Crippen LogP contribution is 2.28. The van der Waals surface area contributed by atoms with E-state index in [2.05, 4.69) is 12.2 Å². The average Bonchev–Trinajstić information content (AvgIpc) is 2.49. The van der Waals surface area contributed by atoms with Crippen molar-refractivity contribution in [2.45, 2.75) is 57.5 Å². The molecule has 1 unspecified atom stereocenters. The Bertz CT molecular complexity index is 416. The lowest BCUT2D eigenvalue weighted by Crippen LogP contribution is -2.42. The monoisotopic (exact) mass is 310 g/mol. The number of hydrogen-bond donors (Lipinski definition) is 2. The Morgan fingerprint density at radius 3 is 2.43 bits per heavy atom. The van der Waals surface area contributed by atoms with Crippen LogP contribution in [0.4, 0.5) is 0 Å². The smallest absolute Gasteiger partial charge is 0.241 e. The van der Waals surface area contributed by atoms with Crippen molar-refractivity contribution in [3.63, 3.8) is 0 Å². The van der Waals surface area contributed by atoms with Crippen molar-refractivity contribution >= 4 is 18.3 Å². The molecule has 3 N–H and O–H groups in total. The molecule has 0 bridgehead atoms. The molecule has 3 nitrogen and oxygen atoms in total. The van der Waals surface area contributed by atoms with Gasteiger partial charge >= 0.3 is 0 Å². The molecule has 1 aromatic carbocycles. The van der Waals surface area contributed by atoms with Crippen molar-refractivity contribution in [2.24, 2.45) is 11.7 Å². The van der Waals surface area contributed by atoms with E-state index in [4.69, 9.17) is 5.73 Å². The van der Waals surface area contributed by atoms with Crippen LogP contribution in [0.1, 0.15) is 57.1 Å². The highest BCUT2D eigenvalue weighted by molar-refractivity contribution is 5.85. The summed E-state index contributed by atoms with van der Waals surface area (Å²) in [5, 5.41) is 3.12. The molecule has 0 saturated heterocycles. The van der Waals surface area contributed by atoms with Crippen molar-refractivity contribution in [1.82, 2.24) is 5.32 Å². The standard InChI is InChI=1S/C17H26N2O.ClH/c1-2-6-13-9-11-15(12-10-13)19-17(20)16(18)14-7-4-3-5-8-14;/h3-5,7-8,13,15-16H,2,6,9-12,18H2,1H3,(H,19,20);1H. The molecule has 0 aromatic heterocycles. The van der Waals surface area contributed by atoms with Gasteiger partial charge in [-0.15, -0.1) is 12.4 Å². The summed E-state index contributed by atoms with van der Waals surface area (Å²) in [6.45, 7) is 2.24. The van der Waals surface area contributed by atoms with Gasteiger partial charge < -0.3 is 11.1 Å². The first-order valence-corrected chi connectivity index (χ1v) is 7.81. The zero-order valence-corrected chi connectivity index (χ0v) is 13.6. The lowest BCUT2D eigenvalue weighted by Gasteiger charge is -2.29. The molecule has 0 spiro atoms. The zero-order valence-electron chi connectivity index (χ0n) is 12.8. The van der Waals surface area contributed by atoms with E-state index in [1.54, 1.807) is 0 Å². The summed E-state index contributed by atoms with van der Waals surface area (Å²) in [5.41, 5.74) is 6.90. The van der Waals surface area contributed by atoms with E-state index in [0.717, 1.165) is 24.3 Å². The summed E-state index contributed by atoms with van der Waals surface area (Å²) >= 11 is 0. The minimum Gasteiger partial charge on any atom is -0.352 e. The van der Waals surface area contributed by atoms with Crippen molar-refractivity contribution < 1.29 is 4.79 Å². The third kappa shape index (κ3) is 5.33. The van der Waals surface area contributed by atoms with Crippen molar-refractivity contribution in [3.8, 4) is 0 Å². The molecule has 2 rings (SSSR count). The number of nitrogens with two attached hydrogens (primary N) is 1. The third-order valence-electron chi connectivity index (χ3n) is 4.33. The molecule has 1 saturated carbocycles. The van der Waals surface area contributed by atoms with E-state index in [-0.39, 0.29) is 18.3 Å². The van der Waals surface area contributed by atoms with Gasteiger partial charge in [0.25, 0.3) is 0 Å². The molecule has 4 heteroatoms. The van der Waals surface area contributed by atoms with Gasteiger partial charge in [0, 0.05) is 6.04 Å². The number of rotatable bonds is 5. The second-order valence-corrected chi connectivity index (χ2v) is 5.90. The van der Waals surface area contributed by atoms with Crippen LogP contribution in [0.2, 0.25) is 0 Å². The molecule has 1 fully saturated rings. The third-order valence-corrected chi connectivity index (χ3v) is 4.33. The lowest BCUT2D eigenvalue weighted by atomic mass is 9.83. The Balaban J connectivity index is 0.00000220. The quantitative estimate of drug-likeness (QED) is 0.873. The second kappa shape index (κ2) is 9.06. The summed E-state index contributed by atoms with van der Waals surface area (Å²) in [5.74, 6) is 0.811. The Hall–Kier alpha value is -1.06. The van der Waals surface area contributed by atoms with Gasteiger partial charge in [0.05, 0.1) is 0 Å². The SMILES string of the molecule is CCCC1CCC(NC(=O)C(N)c2ccccc2)CC1.Cl. The van der Waals surface area contributed by atoms with Crippen LogP contribution in [0.5, 0.6) is 0 Å². The van der Waals surface area contributed by atoms with E-state index in [0.29, 0.717) is 6.04 Å². The van der Waals surface area contributed by atoms with Crippen LogP contribution >= 0.6 is 12.4 Å². The summed E-state index contributed by atoms with van der Waals surface area (Å²) in [6, 6.07) is 9.33. The van der Waals surface area contributed by atoms with Crippen molar-refractivity contribution in [1.29, 1.82) is 0 Å². The number of carbonyl (C=O) groups is 1. The van der Waals surface area contributed by atoms with Crippen LogP contribution in [0.15, 0.2) is 30.3 Å². The first-order valence-electron chi connectivity index (χ1n) is 7.81.